The van der Waals surface area contributed by atoms with Crippen LogP contribution in [-0.2, 0) is 4.74 Å². The quantitative estimate of drug-likeness (QED) is 0.471. The molecule has 0 amide bonds. The molecule has 3 heteroatoms. The number of benzene rings is 1. The van der Waals surface area contributed by atoms with Crippen LogP contribution in [0.15, 0.2) is 30.3 Å². The minimum Gasteiger partial charge on any atom is -0.379 e. The molecule has 1 saturated heterocycles. The van der Waals surface area contributed by atoms with Gasteiger partial charge in [0.1, 0.15) is 23.0 Å². The third-order valence-electron chi connectivity index (χ3n) is 11.9. The van der Waals surface area contributed by atoms with Crippen molar-refractivity contribution in [2.45, 2.75) is 87.4 Å². The van der Waals surface area contributed by atoms with Gasteiger partial charge in [-0.1, -0.05) is 18.2 Å². The van der Waals surface area contributed by atoms with Gasteiger partial charge in [0.15, 0.2) is 0 Å². The molecule has 9 fully saturated rings. The van der Waals surface area contributed by atoms with Crippen LogP contribution in [0.5, 0.6) is 0 Å². The molecule has 0 spiro atoms. The highest BCUT2D eigenvalue weighted by Crippen LogP contribution is 2.89. The number of nitrogens with zero attached hydrogens (tertiary/aromatic N) is 1. The Labute approximate surface area is 201 Å². The van der Waals surface area contributed by atoms with Crippen LogP contribution in [-0.4, -0.2) is 41.3 Å². The highest BCUT2D eigenvalue weighted by Gasteiger charge is 2.78. The van der Waals surface area contributed by atoms with Crippen LogP contribution in [0.1, 0.15) is 77.0 Å². The van der Waals surface area contributed by atoms with Gasteiger partial charge in [-0.05, 0) is 125 Å². The second-order valence-electron chi connectivity index (χ2n) is 13.8. The molecule has 8 aliphatic carbocycles. The first-order valence-corrected chi connectivity index (χ1v) is 16.2. The van der Waals surface area contributed by atoms with Crippen molar-refractivity contribution < 1.29 is 4.74 Å². The highest BCUT2D eigenvalue weighted by molar-refractivity contribution is 7.83. The molecule has 0 N–H and O–H groups in total. The lowest BCUT2D eigenvalue weighted by atomic mass is 9.55. The van der Waals surface area contributed by atoms with Gasteiger partial charge < -0.3 is 4.74 Å². The maximum atomic E-state index is 6.04. The van der Waals surface area contributed by atoms with E-state index in [2.05, 4.69) is 35.0 Å². The van der Waals surface area contributed by atoms with Crippen molar-refractivity contribution in [1.82, 2.24) is 4.67 Å². The monoisotopic (exact) mass is 464 g/mol. The van der Waals surface area contributed by atoms with E-state index in [4.69, 9.17) is 4.74 Å². The molecule has 33 heavy (non-hydrogen) atoms. The lowest BCUT2D eigenvalue weighted by molar-refractivity contribution is 0.00636. The Kier molecular flexibility index (Phi) is 4.59. The largest absolute Gasteiger partial charge is 0.379 e. The van der Waals surface area contributed by atoms with E-state index in [0.29, 0.717) is 10.3 Å². The Morgan fingerprint density at radius 3 is 1.39 bits per heavy atom. The summed E-state index contributed by atoms with van der Waals surface area (Å²) >= 11 is 0. The van der Waals surface area contributed by atoms with Crippen LogP contribution in [0, 0.1) is 35.5 Å². The number of hydrogen-bond acceptors (Lipinski definition) is 2. The van der Waals surface area contributed by atoms with Crippen molar-refractivity contribution in [1.29, 1.82) is 0 Å². The third kappa shape index (κ3) is 2.78. The maximum Gasteiger partial charge on any atom is 0.128 e. The summed E-state index contributed by atoms with van der Waals surface area (Å²) in [7, 11) is -1.57. The predicted molar refractivity (Wildman–Crippen MR) is 137 cm³/mol. The molecule has 0 atom stereocenters. The van der Waals surface area contributed by atoms with Crippen LogP contribution in [0.3, 0.4) is 0 Å². The van der Waals surface area contributed by atoms with Gasteiger partial charge in [-0.3, -0.25) is 0 Å². The molecule has 1 aliphatic heterocycles. The van der Waals surface area contributed by atoms with Crippen LogP contribution in [0.25, 0.3) is 0 Å². The van der Waals surface area contributed by atoms with Gasteiger partial charge in [0, 0.05) is 0 Å². The topological polar surface area (TPSA) is 12.5 Å². The summed E-state index contributed by atoms with van der Waals surface area (Å²) in [5, 5.41) is 3.04. The summed E-state index contributed by atoms with van der Waals surface area (Å²) in [6.07, 6.45) is 18.8. The first kappa shape index (κ1) is 20.7. The van der Waals surface area contributed by atoms with Crippen LogP contribution < -0.4 is 5.30 Å². The third-order valence-corrected chi connectivity index (χ3v) is 18.1. The second kappa shape index (κ2) is 7.30. The average Bonchev–Trinajstić information content (AvgIpc) is 2.79. The Balaban J connectivity index is 1.39. The minimum atomic E-state index is -1.57. The van der Waals surface area contributed by atoms with Crippen molar-refractivity contribution in [3.63, 3.8) is 0 Å². The Morgan fingerprint density at radius 2 is 1.00 bits per heavy atom. The van der Waals surface area contributed by atoms with Crippen molar-refractivity contribution in [3.8, 4) is 0 Å². The molecule has 8 saturated carbocycles. The summed E-state index contributed by atoms with van der Waals surface area (Å²) < 4.78 is 9.25. The van der Waals surface area contributed by atoms with E-state index in [1.54, 1.807) is 77.0 Å². The summed E-state index contributed by atoms with van der Waals surface area (Å²) in [6.45, 7) is 4.33. The van der Waals surface area contributed by atoms with Gasteiger partial charge in [0.25, 0.3) is 0 Å². The summed E-state index contributed by atoms with van der Waals surface area (Å²) in [5.74, 6) is 6.22. The van der Waals surface area contributed by atoms with Gasteiger partial charge >= 0.3 is 0 Å². The fraction of sp³-hybridized carbons (Fsp3) is 0.800. The van der Waals surface area contributed by atoms with Crippen LogP contribution in [0.4, 0.5) is 0 Å². The van der Waals surface area contributed by atoms with Gasteiger partial charge in [-0.25, -0.2) is 0 Å². The van der Waals surface area contributed by atoms with E-state index >= 15 is 0 Å². The van der Waals surface area contributed by atoms with E-state index in [1.165, 1.54) is 13.1 Å². The number of ether oxygens (including phenoxy) is 1. The molecule has 0 aromatic heterocycles. The molecule has 1 heterocycles. The van der Waals surface area contributed by atoms with Gasteiger partial charge in [0.05, 0.1) is 26.3 Å². The van der Waals surface area contributed by atoms with E-state index in [1.807, 2.05) is 5.30 Å². The molecule has 0 radical (unpaired) electrons. The molecule has 0 unspecified atom stereocenters. The first-order chi connectivity index (χ1) is 16.2. The Morgan fingerprint density at radius 1 is 0.606 bits per heavy atom. The minimum absolute atomic E-state index is 0.603. The van der Waals surface area contributed by atoms with Crippen molar-refractivity contribution in [3.05, 3.63) is 30.3 Å². The second-order valence-corrected chi connectivity index (χ2v) is 18.1. The smallest absolute Gasteiger partial charge is 0.128 e. The average molecular weight is 465 g/mol. The number of hydrogen-bond donors (Lipinski definition) is 0. The molecular weight excluding hydrogens is 421 g/mol. The summed E-state index contributed by atoms with van der Waals surface area (Å²) in [5.41, 5.74) is 0. The first-order valence-electron chi connectivity index (χ1n) is 14.5. The van der Waals surface area contributed by atoms with Crippen LogP contribution >= 0.6 is 7.41 Å². The predicted octanol–water partition coefficient (Wildman–Crippen LogP) is 6.51. The van der Waals surface area contributed by atoms with Crippen molar-refractivity contribution in [2.24, 2.45) is 35.5 Å². The molecule has 8 bridgehead atoms. The normalized spacial score (nSPS) is 49.9. The van der Waals surface area contributed by atoms with Gasteiger partial charge in [-0.15, -0.1) is 0 Å². The Hall–Kier alpha value is -0.430. The molecule has 2 nitrogen and oxygen atoms in total. The fourth-order valence-electron chi connectivity index (χ4n) is 12.2. The maximum absolute atomic E-state index is 6.04. The standard InChI is InChI=1S/C30H43NOP/c1-2-4-28(5-3-1)33(31-6-8-32-9-7-31,29-16-22-10-23(17-29)12-24(11-22)18-29)30-19-25-13-26(20-30)15-27(14-25)21-30/h1-5,22-27H,6-21H2/q+1. The zero-order valence-corrected chi connectivity index (χ0v) is 21.4. The molecule has 1 aromatic carbocycles. The number of rotatable bonds is 4. The zero-order chi connectivity index (χ0) is 21.7. The molecule has 178 valence electrons. The van der Waals surface area contributed by atoms with Crippen LogP contribution in [0.2, 0.25) is 0 Å². The Bertz CT molecular complexity index is 791. The molecular formula is C30H43NOP+. The van der Waals surface area contributed by atoms with Gasteiger partial charge in [-0.2, -0.15) is 4.67 Å². The SMILES string of the molecule is c1ccc([P+](N2CCOCC2)(C23CC4CC(CC(C4)C2)C3)C23CC4CC(CC(C4)C2)C3)cc1. The molecule has 10 rings (SSSR count). The van der Waals surface area contributed by atoms with E-state index < -0.39 is 7.41 Å². The van der Waals surface area contributed by atoms with E-state index in [-0.39, 0.29) is 0 Å². The van der Waals surface area contributed by atoms with Crippen molar-refractivity contribution >= 4 is 12.7 Å². The highest BCUT2D eigenvalue weighted by atomic mass is 31.2. The van der Waals surface area contributed by atoms with Crippen molar-refractivity contribution in [2.75, 3.05) is 26.3 Å². The zero-order valence-electron chi connectivity index (χ0n) is 20.5. The summed E-state index contributed by atoms with van der Waals surface area (Å²) in [4.78, 5) is 0. The number of morpholine rings is 1. The lowest BCUT2D eigenvalue weighted by Crippen LogP contribution is -2.66. The summed E-state index contributed by atoms with van der Waals surface area (Å²) in [6, 6.07) is 12.4. The van der Waals surface area contributed by atoms with E-state index in [0.717, 1.165) is 48.7 Å². The molecule has 9 aliphatic rings. The van der Waals surface area contributed by atoms with E-state index in [9.17, 15) is 0 Å². The lowest BCUT2D eigenvalue weighted by Gasteiger charge is -2.69. The van der Waals surface area contributed by atoms with Gasteiger partial charge in [0.2, 0.25) is 0 Å². The molecule has 1 aromatic rings. The fourth-order valence-corrected chi connectivity index (χ4v) is 20.4.